The first-order chi connectivity index (χ1) is 9.19. The predicted molar refractivity (Wildman–Crippen MR) is 80.0 cm³/mol. The molecule has 4 unspecified atom stereocenters. The second-order valence-corrected chi connectivity index (χ2v) is 7.00. The van der Waals surface area contributed by atoms with Crippen LogP contribution < -0.4 is 11.1 Å². The van der Waals surface area contributed by atoms with E-state index >= 15 is 0 Å². The Hall–Kier alpha value is -0.120. The van der Waals surface area contributed by atoms with Crippen LogP contribution in [0.15, 0.2) is 0 Å². The van der Waals surface area contributed by atoms with E-state index in [9.17, 15) is 5.11 Å². The number of hydrogen-bond acceptors (Lipinski definition) is 3. The van der Waals surface area contributed by atoms with E-state index in [4.69, 9.17) is 5.73 Å². The van der Waals surface area contributed by atoms with Crippen molar-refractivity contribution in [2.24, 2.45) is 17.6 Å². The van der Waals surface area contributed by atoms with Crippen molar-refractivity contribution in [2.75, 3.05) is 13.2 Å². The first kappa shape index (κ1) is 15.3. The van der Waals surface area contributed by atoms with Crippen molar-refractivity contribution in [1.82, 2.24) is 5.32 Å². The van der Waals surface area contributed by atoms with Gasteiger partial charge < -0.3 is 16.2 Å². The highest BCUT2D eigenvalue weighted by atomic mass is 16.3. The van der Waals surface area contributed by atoms with E-state index in [0.717, 1.165) is 12.5 Å². The maximum absolute atomic E-state index is 9.57. The van der Waals surface area contributed by atoms with Crippen molar-refractivity contribution in [3.05, 3.63) is 0 Å². The van der Waals surface area contributed by atoms with Crippen LogP contribution >= 0.6 is 0 Å². The Bertz CT molecular complexity index is 271. The molecule has 0 aromatic heterocycles. The average molecular weight is 268 g/mol. The molecule has 4 N–H and O–H groups in total. The van der Waals surface area contributed by atoms with Crippen molar-refractivity contribution in [3.8, 4) is 0 Å². The van der Waals surface area contributed by atoms with Gasteiger partial charge >= 0.3 is 0 Å². The van der Waals surface area contributed by atoms with Gasteiger partial charge in [0.15, 0.2) is 0 Å². The summed E-state index contributed by atoms with van der Waals surface area (Å²) in [4.78, 5) is 0. The van der Waals surface area contributed by atoms with Crippen LogP contribution in [0.2, 0.25) is 0 Å². The lowest BCUT2D eigenvalue weighted by molar-refractivity contribution is 0.122. The molecule has 0 saturated heterocycles. The SMILES string of the molecule is CC1CCCC(CN)(NC2CCCCC2CO)CC1. The van der Waals surface area contributed by atoms with E-state index in [2.05, 4.69) is 12.2 Å². The average Bonchev–Trinajstić information content (AvgIpc) is 2.62. The van der Waals surface area contributed by atoms with Crippen molar-refractivity contribution in [2.45, 2.75) is 76.3 Å². The molecular formula is C16H32N2O. The zero-order valence-corrected chi connectivity index (χ0v) is 12.5. The van der Waals surface area contributed by atoms with Gasteiger partial charge in [0, 0.05) is 24.7 Å². The molecule has 3 heteroatoms. The van der Waals surface area contributed by atoms with Crippen LogP contribution in [0.25, 0.3) is 0 Å². The fraction of sp³-hybridized carbons (Fsp3) is 1.00. The molecule has 3 nitrogen and oxygen atoms in total. The van der Waals surface area contributed by atoms with Crippen LogP contribution in [-0.4, -0.2) is 29.8 Å². The van der Waals surface area contributed by atoms with Crippen LogP contribution in [0.3, 0.4) is 0 Å². The summed E-state index contributed by atoms with van der Waals surface area (Å²) in [6, 6.07) is 0.482. The summed E-state index contributed by atoms with van der Waals surface area (Å²) in [5.41, 5.74) is 6.27. The third-order valence-electron chi connectivity index (χ3n) is 5.49. The van der Waals surface area contributed by atoms with E-state index in [0.29, 0.717) is 18.6 Å². The van der Waals surface area contributed by atoms with Gasteiger partial charge in [-0.2, -0.15) is 0 Å². The summed E-state index contributed by atoms with van der Waals surface area (Å²) < 4.78 is 0. The van der Waals surface area contributed by atoms with Gasteiger partial charge in [0.1, 0.15) is 0 Å². The van der Waals surface area contributed by atoms with Crippen LogP contribution in [0, 0.1) is 11.8 Å². The lowest BCUT2D eigenvalue weighted by Crippen LogP contribution is -2.57. The summed E-state index contributed by atoms with van der Waals surface area (Å²) in [6.45, 7) is 3.44. The number of aliphatic hydroxyl groups excluding tert-OH is 1. The number of aliphatic hydroxyl groups is 1. The molecule has 0 aromatic carbocycles. The molecule has 0 aromatic rings. The van der Waals surface area contributed by atoms with Crippen LogP contribution in [0.5, 0.6) is 0 Å². The first-order valence-electron chi connectivity index (χ1n) is 8.28. The highest BCUT2D eigenvalue weighted by molar-refractivity contribution is 4.96. The largest absolute Gasteiger partial charge is 0.396 e. The quantitative estimate of drug-likeness (QED) is 0.686. The molecule has 0 radical (unpaired) electrons. The maximum Gasteiger partial charge on any atom is 0.0474 e. The fourth-order valence-electron chi connectivity index (χ4n) is 4.00. The monoisotopic (exact) mass is 268 g/mol. The molecule has 2 saturated carbocycles. The molecule has 2 aliphatic rings. The Labute approximate surface area is 118 Å². The minimum atomic E-state index is 0.139. The lowest BCUT2D eigenvalue weighted by atomic mass is 9.81. The minimum Gasteiger partial charge on any atom is -0.396 e. The van der Waals surface area contributed by atoms with Crippen molar-refractivity contribution in [3.63, 3.8) is 0 Å². The Kier molecular flexibility index (Phi) is 5.67. The molecule has 112 valence electrons. The maximum atomic E-state index is 9.57. The van der Waals surface area contributed by atoms with Gasteiger partial charge in [-0.05, 0) is 43.9 Å². The summed E-state index contributed by atoms with van der Waals surface area (Å²) >= 11 is 0. The second-order valence-electron chi connectivity index (χ2n) is 7.00. The van der Waals surface area contributed by atoms with Gasteiger partial charge in [-0.1, -0.05) is 32.6 Å². The molecule has 2 fully saturated rings. The highest BCUT2D eigenvalue weighted by Crippen LogP contribution is 2.33. The summed E-state index contributed by atoms with van der Waals surface area (Å²) in [5, 5.41) is 13.5. The van der Waals surface area contributed by atoms with Crippen LogP contribution in [0.4, 0.5) is 0 Å². The number of hydrogen-bond donors (Lipinski definition) is 3. The Balaban J connectivity index is 1.99. The Morgan fingerprint density at radius 3 is 2.63 bits per heavy atom. The molecule has 0 bridgehead atoms. The molecule has 2 aliphatic carbocycles. The normalized spacial score (nSPS) is 40.9. The molecule has 0 amide bonds. The number of rotatable bonds is 4. The topological polar surface area (TPSA) is 58.3 Å². The summed E-state index contributed by atoms with van der Waals surface area (Å²) in [6.07, 6.45) is 11.3. The zero-order valence-electron chi connectivity index (χ0n) is 12.5. The molecule has 0 aliphatic heterocycles. The zero-order chi connectivity index (χ0) is 13.7. The minimum absolute atomic E-state index is 0.139. The Morgan fingerprint density at radius 2 is 1.89 bits per heavy atom. The van der Waals surface area contributed by atoms with Crippen molar-refractivity contribution >= 4 is 0 Å². The lowest BCUT2D eigenvalue weighted by Gasteiger charge is -2.41. The van der Waals surface area contributed by atoms with Crippen molar-refractivity contribution in [1.29, 1.82) is 0 Å². The molecule has 19 heavy (non-hydrogen) atoms. The van der Waals surface area contributed by atoms with E-state index in [1.165, 1.54) is 57.8 Å². The molecule has 2 rings (SSSR count). The van der Waals surface area contributed by atoms with E-state index in [1.807, 2.05) is 0 Å². The standard InChI is InChI=1S/C16H32N2O/c1-13-5-4-9-16(12-17,10-8-13)18-15-7-3-2-6-14(15)11-19/h13-15,18-19H,2-12,17H2,1H3. The third-order valence-corrected chi connectivity index (χ3v) is 5.49. The van der Waals surface area contributed by atoms with Gasteiger partial charge in [0.05, 0.1) is 0 Å². The third kappa shape index (κ3) is 3.93. The fourth-order valence-corrected chi connectivity index (χ4v) is 4.00. The van der Waals surface area contributed by atoms with Gasteiger partial charge in [-0.25, -0.2) is 0 Å². The summed E-state index contributed by atoms with van der Waals surface area (Å²) in [5.74, 6) is 1.29. The molecule has 0 spiro atoms. The van der Waals surface area contributed by atoms with Gasteiger partial charge in [-0.15, -0.1) is 0 Å². The smallest absolute Gasteiger partial charge is 0.0474 e. The van der Waals surface area contributed by atoms with E-state index < -0.39 is 0 Å². The number of nitrogens with one attached hydrogen (secondary N) is 1. The van der Waals surface area contributed by atoms with E-state index in [-0.39, 0.29) is 5.54 Å². The van der Waals surface area contributed by atoms with Crippen molar-refractivity contribution < 1.29 is 5.11 Å². The van der Waals surface area contributed by atoms with Gasteiger partial charge in [0.25, 0.3) is 0 Å². The highest BCUT2D eigenvalue weighted by Gasteiger charge is 2.35. The van der Waals surface area contributed by atoms with Crippen LogP contribution in [0.1, 0.15) is 64.7 Å². The van der Waals surface area contributed by atoms with Gasteiger partial charge in [0.2, 0.25) is 0 Å². The predicted octanol–water partition coefficient (Wildman–Crippen LogP) is 2.42. The second kappa shape index (κ2) is 7.05. The molecule has 4 atom stereocenters. The Morgan fingerprint density at radius 1 is 1.11 bits per heavy atom. The van der Waals surface area contributed by atoms with E-state index in [1.54, 1.807) is 0 Å². The summed E-state index contributed by atoms with van der Waals surface area (Å²) in [7, 11) is 0. The molecular weight excluding hydrogens is 236 g/mol. The van der Waals surface area contributed by atoms with Crippen LogP contribution in [-0.2, 0) is 0 Å². The van der Waals surface area contributed by atoms with Gasteiger partial charge in [-0.3, -0.25) is 0 Å². The number of nitrogens with two attached hydrogens (primary N) is 1. The first-order valence-corrected chi connectivity index (χ1v) is 8.28. The molecule has 0 heterocycles.